The van der Waals surface area contributed by atoms with Gasteiger partial charge in [0, 0.05) is 3.57 Å². The highest BCUT2D eigenvalue weighted by atomic mass is 127. The van der Waals surface area contributed by atoms with Crippen LogP contribution in [0.5, 0.6) is 5.75 Å². The number of aryl methyl sites for hydroxylation is 1. The molecular weight excluding hydrogens is 361 g/mol. The van der Waals surface area contributed by atoms with E-state index in [1.807, 2.05) is 12.1 Å². The van der Waals surface area contributed by atoms with Crippen LogP contribution in [0.25, 0.3) is 0 Å². The van der Waals surface area contributed by atoms with Gasteiger partial charge in [0.15, 0.2) is 0 Å². The van der Waals surface area contributed by atoms with Gasteiger partial charge in [-0.05, 0) is 64.9 Å². The highest BCUT2D eigenvalue weighted by Gasteiger charge is 2.17. The second-order valence-corrected chi connectivity index (χ2v) is 5.82. The zero-order valence-electron chi connectivity index (χ0n) is 12.1. The van der Waals surface area contributed by atoms with Gasteiger partial charge in [0.1, 0.15) is 5.75 Å². The predicted molar refractivity (Wildman–Crippen MR) is 92.4 cm³/mol. The van der Waals surface area contributed by atoms with Crippen molar-refractivity contribution in [3.63, 3.8) is 0 Å². The van der Waals surface area contributed by atoms with Crippen molar-refractivity contribution >= 4 is 22.6 Å². The fourth-order valence-electron chi connectivity index (χ4n) is 2.33. The van der Waals surface area contributed by atoms with Gasteiger partial charge in [-0.15, -0.1) is 0 Å². The van der Waals surface area contributed by atoms with Gasteiger partial charge in [-0.3, -0.25) is 0 Å². The number of hydrogen-bond acceptors (Lipinski definition) is 2. The van der Waals surface area contributed by atoms with Gasteiger partial charge >= 0.3 is 0 Å². The summed E-state index contributed by atoms with van der Waals surface area (Å²) in [5.74, 6) is 0.896. The van der Waals surface area contributed by atoms with Crippen molar-refractivity contribution in [1.29, 1.82) is 0 Å². The van der Waals surface area contributed by atoms with E-state index >= 15 is 0 Å². The molecule has 0 aliphatic rings. The molecule has 2 aromatic rings. The zero-order chi connectivity index (χ0) is 14.5. The fourth-order valence-corrected chi connectivity index (χ4v) is 3.00. The van der Waals surface area contributed by atoms with E-state index in [0.29, 0.717) is 0 Å². The lowest BCUT2D eigenvalue weighted by Crippen LogP contribution is -2.23. The number of ether oxygens (including phenoxy) is 1. The molecule has 20 heavy (non-hydrogen) atoms. The molecule has 0 radical (unpaired) electrons. The molecule has 0 amide bonds. The summed E-state index contributed by atoms with van der Waals surface area (Å²) in [4.78, 5) is 0. The van der Waals surface area contributed by atoms with Crippen LogP contribution in [0.2, 0.25) is 0 Å². The summed E-state index contributed by atoms with van der Waals surface area (Å²) >= 11 is 2.43. The maximum Gasteiger partial charge on any atom is 0.119 e. The average Bonchev–Trinajstić information content (AvgIpc) is 2.48. The average molecular weight is 381 g/mol. The van der Waals surface area contributed by atoms with Crippen LogP contribution in [0.1, 0.15) is 29.7 Å². The summed E-state index contributed by atoms with van der Waals surface area (Å²) in [5, 5.41) is 3.57. The minimum atomic E-state index is 0.196. The lowest BCUT2D eigenvalue weighted by Gasteiger charge is -2.21. The van der Waals surface area contributed by atoms with Gasteiger partial charge in [-0.25, -0.2) is 0 Å². The third kappa shape index (κ3) is 3.33. The van der Waals surface area contributed by atoms with E-state index in [1.165, 1.54) is 20.3 Å². The molecule has 106 valence electrons. The van der Waals surface area contributed by atoms with Crippen LogP contribution in [-0.4, -0.2) is 13.7 Å². The largest absolute Gasteiger partial charge is 0.497 e. The number of nitrogens with one attached hydrogen (secondary N) is 1. The molecule has 0 saturated heterocycles. The van der Waals surface area contributed by atoms with Crippen molar-refractivity contribution in [1.82, 2.24) is 5.32 Å². The smallest absolute Gasteiger partial charge is 0.119 e. The minimum Gasteiger partial charge on any atom is -0.497 e. The maximum atomic E-state index is 5.34. The van der Waals surface area contributed by atoms with Crippen molar-refractivity contribution in [2.24, 2.45) is 0 Å². The summed E-state index contributed by atoms with van der Waals surface area (Å²) in [6.07, 6.45) is 0. The highest BCUT2D eigenvalue weighted by Crippen LogP contribution is 2.29. The number of hydrogen-bond donors (Lipinski definition) is 1. The Morgan fingerprint density at radius 2 is 1.95 bits per heavy atom. The normalized spacial score (nSPS) is 12.2. The minimum absolute atomic E-state index is 0.196. The summed E-state index contributed by atoms with van der Waals surface area (Å²) in [6, 6.07) is 14.9. The standard InChI is InChI=1S/C17H20INO/c1-4-19-17(13-8-6-9-14(11-13)20-3)15-10-5-7-12(2)16(15)18/h5-11,17,19H,4H2,1-3H3. The number of methoxy groups -OCH3 is 1. The molecule has 0 heterocycles. The number of benzene rings is 2. The molecule has 2 nitrogen and oxygen atoms in total. The van der Waals surface area contributed by atoms with E-state index in [4.69, 9.17) is 4.74 Å². The molecule has 0 aromatic heterocycles. The molecule has 0 spiro atoms. The quantitative estimate of drug-likeness (QED) is 0.780. The molecule has 3 heteroatoms. The van der Waals surface area contributed by atoms with Crippen LogP contribution < -0.4 is 10.1 Å². The molecule has 1 N–H and O–H groups in total. The summed E-state index contributed by atoms with van der Waals surface area (Å²) in [5.41, 5.74) is 3.87. The van der Waals surface area contributed by atoms with Gasteiger partial charge in [-0.1, -0.05) is 37.3 Å². The molecule has 1 atom stereocenters. The Morgan fingerprint density at radius 1 is 1.20 bits per heavy atom. The lowest BCUT2D eigenvalue weighted by atomic mass is 9.97. The van der Waals surface area contributed by atoms with Gasteiger partial charge in [0.05, 0.1) is 13.2 Å². The number of halogens is 1. The SMILES string of the molecule is CCNC(c1cccc(OC)c1)c1cccc(C)c1I. The molecule has 0 aliphatic heterocycles. The van der Waals surface area contributed by atoms with Gasteiger partial charge in [-0.2, -0.15) is 0 Å². The first-order valence-electron chi connectivity index (χ1n) is 6.79. The lowest BCUT2D eigenvalue weighted by molar-refractivity contribution is 0.413. The zero-order valence-corrected chi connectivity index (χ0v) is 14.3. The Balaban J connectivity index is 2.47. The molecule has 0 aliphatic carbocycles. The second-order valence-electron chi connectivity index (χ2n) is 4.75. The Hall–Kier alpha value is -1.07. The van der Waals surface area contributed by atoms with Crippen molar-refractivity contribution in [3.05, 3.63) is 62.7 Å². The van der Waals surface area contributed by atoms with E-state index in [1.54, 1.807) is 7.11 Å². The van der Waals surface area contributed by atoms with Crippen LogP contribution >= 0.6 is 22.6 Å². The van der Waals surface area contributed by atoms with Crippen LogP contribution in [0.4, 0.5) is 0 Å². The number of rotatable bonds is 5. The van der Waals surface area contributed by atoms with Gasteiger partial charge in [0.25, 0.3) is 0 Å². The highest BCUT2D eigenvalue weighted by molar-refractivity contribution is 14.1. The van der Waals surface area contributed by atoms with E-state index in [9.17, 15) is 0 Å². The Labute approximate surface area is 134 Å². The van der Waals surface area contributed by atoms with E-state index in [0.717, 1.165) is 12.3 Å². The van der Waals surface area contributed by atoms with Crippen LogP contribution in [0.3, 0.4) is 0 Å². The van der Waals surface area contributed by atoms with Gasteiger partial charge in [0.2, 0.25) is 0 Å². The Bertz CT molecular complexity index is 583. The van der Waals surface area contributed by atoms with Crippen LogP contribution in [0, 0.1) is 10.5 Å². The molecular formula is C17H20INO. The van der Waals surface area contributed by atoms with Crippen LogP contribution in [0.15, 0.2) is 42.5 Å². The Kier molecular flexibility index (Phi) is 5.43. The second kappa shape index (κ2) is 7.09. The summed E-state index contributed by atoms with van der Waals surface area (Å²) in [7, 11) is 1.71. The van der Waals surface area contributed by atoms with Crippen molar-refractivity contribution < 1.29 is 4.74 Å². The van der Waals surface area contributed by atoms with E-state index in [-0.39, 0.29) is 6.04 Å². The monoisotopic (exact) mass is 381 g/mol. The van der Waals surface area contributed by atoms with E-state index in [2.05, 4.69) is 72.1 Å². The van der Waals surface area contributed by atoms with Gasteiger partial charge < -0.3 is 10.1 Å². The fraction of sp³-hybridized carbons (Fsp3) is 0.294. The molecule has 0 saturated carbocycles. The molecule has 2 aromatic carbocycles. The van der Waals surface area contributed by atoms with Crippen molar-refractivity contribution in [2.45, 2.75) is 19.9 Å². The van der Waals surface area contributed by atoms with Crippen molar-refractivity contribution in [2.75, 3.05) is 13.7 Å². The van der Waals surface area contributed by atoms with Crippen LogP contribution in [-0.2, 0) is 0 Å². The summed E-state index contributed by atoms with van der Waals surface area (Å²) in [6.45, 7) is 5.21. The van der Waals surface area contributed by atoms with E-state index < -0.39 is 0 Å². The molecule has 0 bridgehead atoms. The molecule has 1 unspecified atom stereocenters. The third-order valence-electron chi connectivity index (χ3n) is 3.37. The first-order valence-corrected chi connectivity index (χ1v) is 7.87. The Morgan fingerprint density at radius 3 is 2.65 bits per heavy atom. The predicted octanol–water partition coefficient (Wildman–Crippen LogP) is 4.31. The van der Waals surface area contributed by atoms with Crippen molar-refractivity contribution in [3.8, 4) is 5.75 Å². The molecule has 2 rings (SSSR count). The third-order valence-corrected chi connectivity index (χ3v) is 4.84. The first-order chi connectivity index (χ1) is 9.67. The summed E-state index contributed by atoms with van der Waals surface area (Å²) < 4.78 is 6.66. The topological polar surface area (TPSA) is 21.3 Å². The maximum absolute atomic E-state index is 5.34. The molecule has 0 fully saturated rings. The first kappa shape index (κ1) is 15.3.